The summed E-state index contributed by atoms with van der Waals surface area (Å²) in [5.74, 6) is -1.35. The van der Waals surface area contributed by atoms with E-state index in [1.54, 1.807) is 34.9 Å². The summed E-state index contributed by atoms with van der Waals surface area (Å²) in [6, 6.07) is 11.1. The lowest BCUT2D eigenvalue weighted by Crippen LogP contribution is -1.97. The van der Waals surface area contributed by atoms with Crippen LogP contribution >= 0.6 is 11.6 Å². The molecule has 0 aliphatic carbocycles. The lowest BCUT2D eigenvalue weighted by molar-refractivity contribution is 0.0697. The van der Waals surface area contributed by atoms with E-state index in [4.69, 9.17) is 16.7 Å². The fourth-order valence-electron chi connectivity index (χ4n) is 2.14. The van der Waals surface area contributed by atoms with E-state index in [0.29, 0.717) is 21.6 Å². The molecule has 0 saturated heterocycles. The van der Waals surface area contributed by atoms with Crippen LogP contribution in [0.5, 0.6) is 0 Å². The highest BCUT2D eigenvalue weighted by Gasteiger charge is 2.10. The number of carboxylic acids is 1. The van der Waals surface area contributed by atoms with Gasteiger partial charge in [0.05, 0.1) is 11.1 Å². The zero-order valence-electron chi connectivity index (χ0n) is 10.2. The number of benzene rings is 2. The molecule has 1 aromatic heterocycles. The third-order valence-electron chi connectivity index (χ3n) is 3.11. The van der Waals surface area contributed by atoms with Gasteiger partial charge in [0.2, 0.25) is 0 Å². The van der Waals surface area contributed by atoms with Gasteiger partial charge in [-0.05, 0) is 42.5 Å². The average molecular weight is 290 g/mol. The van der Waals surface area contributed by atoms with E-state index < -0.39 is 5.97 Å². The van der Waals surface area contributed by atoms with Crippen LogP contribution in [0.15, 0.2) is 48.7 Å². The van der Waals surface area contributed by atoms with Crippen molar-refractivity contribution in [2.75, 3.05) is 0 Å². The number of carbonyl (C=O) groups is 1. The molecule has 0 aliphatic rings. The van der Waals surface area contributed by atoms with Crippen LogP contribution in [0, 0.1) is 5.82 Å². The molecule has 0 saturated carbocycles. The van der Waals surface area contributed by atoms with Gasteiger partial charge in [-0.15, -0.1) is 0 Å². The van der Waals surface area contributed by atoms with Gasteiger partial charge in [0, 0.05) is 22.3 Å². The first kappa shape index (κ1) is 12.7. The van der Waals surface area contributed by atoms with Crippen molar-refractivity contribution < 1.29 is 14.3 Å². The SMILES string of the molecule is O=C(O)c1ccc(-n2cc(F)c3ccc(Cl)cc32)cc1. The van der Waals surface area contributed by atoms with Gasteiger partial charge in [0.15, 0.2) is 0 Å². The maximum atomic E-state index is 13.9. The lowest BCUT2D eigenvalue weighted by atomic mass is 10.2. The highest BCUT2D eigenvalue weighted by Crippen LogP contribution is 2.26. The van der Waals surface area contributed by atoms with Gasteiger partial charge in [-0.3, -0.25) is 0 Å². The number of aromatic nitrogens is 1. The summed E-state index contributed by atoms with van der Waals surface area (Å²) in [6.45, 7) is 0. The van der Waals surface area contributed by atoms with E-state index in [2.05, 4.69) is 0 Å². The molecule has 3 aromatic rings. The van der Waals surface area contributed by atoms with Crippen molar-refractivity contribution in [2.45, 2.75) is 0 Å². The minimum Gasteiger partial charge on any atom is -0.478 e. The van der Waals surface area contributed by atoms with Gasteiger partial charge < -0.3 is 9.67 Å². The van der Waals surface area contributed by atoms with Crippen molar-refractivity contribution in [1.29, 1.82) is 0 Å². The normalized spacial score (nSPS) is 10.9. The molecule has 0 radical (unpaired) electrons. The number of fused-ring (bicyclic) bond motifs is 1. The molecule has 0 unspecified atom stereocenters. The fraction of sp³-hybridized carbons (Fsp3) is 0. The van der Waals surface area contributed by atoms with Crippen LogP contribution in [-0.4, -0.2) is 15.6 Å². The molecule has 100 valence electrons. The van der Waals surface area contributed by atoms with E-state index in [1.807, 2.05) is 0 Å². The summed E-state index contributed by atoms with van der Waals surface area (Å²) in [6.07, 6.45) is 1.36. The van der Waals surface area contributed by atoms with Gasteiger partial charge in [-0.25, -0.2) is 9.18 Å². The van der Waals surface area contributed by atoms with Crippen LogP contribution in [0.1, 0.15) is 10.4 Å². The van der Waals surface area contributed by atoms with Crippen molar-refractivity contribution in [1.82, 2.24) is 4.57 Å². The molecule has 20 heavy (non-hydrogen) atoms. The lowest BCUT2D eigenvalue weighted by Gasteiger charge is -2.05. The first-order valence-corrected chi connectivity index (χ1v) is 6.24. The predicted molar refractivity (Wildman–Crippen MR) is 75.2 cm³/mol. The van der Waals surface area contributed by atoms with Crippen molar-refractivity contribution >= 4 is 28.5 Å². The fourth-order valence-corrected chi connectivity index (χ4v) is 2.30. The molecule has 3 nitrogen and oxygen atoms in total. The van der Waals surface area contributed by atoms with Crippen LogP contribution in [0.2, 0.25) is 5.02 Å². The molecule has 0 aliphatic heterocycles. The molecule has 0 spiro atoms. The Morgan fingerprint density at radius 1 is 1.15 bits per heavy atom. The first-order valence-electron chi connectivity index (χ1n) is 5.86. The molecule has 2 aromatic carbocycles. The van der Waals surface area contributed by atoms with Gasteiger partial charge >= 0.3 is 5.97 Å². The Labute approximate surface area is 118 Å². The predicted octanol–water partition coefficient (Wildman–Crippen LogP) is 4.12. The molecule has 1 N–H and O–H groups in total. The number of rotatable bonds is 2. The first-order chi connectivity index (χ1) is 9.56. The van der Waals surface area contributed by atoms with E-state index in [9.17, 15) is 9.18 Å². The minimum absolute atomic E-state index is 0.184. The van der Waals surface area contributed by atoms with Crippen LogP contribution in [0.3, 0.4) is 0 Å². The number of halogens is 2. The quantitative estimate of drug-likeness (QED) is 0.771. The Morgan fingerprint density at radius 2 is 1.85 bits per heavy atom. The second-order valence-electron chi connectivity index (χ2n) is 4.36. The minimum atomic E-state index is -0.997. The molecule has 1 heterocycles. The number of nitrogens with zero attached hydrogens (tertiary/aromatic N) is 1. The molecule has 5 heteroatoms. The van der Waals surface area contributed by atoms with Crippen molar-refractivity contribution in [2.24, 2.45) is 0 Å². The maximum absolute atomic E-state index is 13.9. The molecule has 0 bridgehead atoms. The summed E-state index contributed by atoms with van der Waals surface area (Å²) < 4.78 is 15.5. The molecular weight excluding hydrogens is 281 g/mol. The summed E-state index contributed by atoms with van der Waals surface area (Å²) in [7, 11) is 0. The van der Waals surface area contributed by atoms with E-state index in [1.165, 1.54) is 18.3 Å². The van der Waals surface area contributed by atoms with Crippen molar-refractivity contribution in [3.8, 4) is 5.69 Å². The summed E-state index contributed by atoms with van der Waals surface area (Å²) in [5.41, 5.74) is 1.49. The third kappa shape index (κ3) is 2.04. The molecule has 0 atom stereocenters. The monoisotopic (exact) mass is 289 g/mol. The number of aromatic carboxylic acids is 1. The average Bonchev–Trinajstić information content (AvgIpc) is 2.75. The van der Waals surface area contributed by atoms with Gasteiger partial charge in [0.1, 0.15) is 5.82 Å². The van der Waals surface area contributed by atoms with Crippen LogP contribution in [-0.2, 0) is 0 Å². The number of carboxylic acid groups (broad SMARTS) is 1. The summed E-state index contributed by atoms with van der Waals surface area (Å²) in [5, 5.41) is 9.86. The van der Waals surface area contributed by atoms with Crippen molar-refractivity contribution in [3.05, 3.63) is 65.1 Å². The van der Waals surface area contributed by atoms with E-state index in [-0.39, 0.29) is 11.4 Å². The Hall–Kier alpha value is -2.33. The maximum Gasteiger partial charge on any atom is 0.335 e. The van der Waals surface area contributed by atoms with E-state index >= 15 is 0 Å². The smallest absolute Gasteiger partial charge is 0.335 e. The van der Waals surface area contributed by atoms with Crippen LogP contribution < -0.4 is 0 Å². The van der Waals surface area contributed by atoms with Gasteiger partial charge in [-0.1, -0.05) is 11.6 Å². The zero-order valence-corrected chi connectivity index (χ0v) is 10.9. The third-order valence-corrected chi connectivity index (χ3v) is 3.35. The summed E-state index contributed by atoms with van der Waals surface area (Å²) in [4.78, 5) is 10.8. The molecule has 0 amide bonds. The molecule has 3 rings (SSSR count). The topological polar surface area (TPSA) is 42.2 Å². The Bertz CT molecular complexity index is 809. The zero-order chi connectivity index (χ0) is 14.3. The van der Waals surface area contributed by atoms with Crippen LogP contribution in [0.25, 0.3) is 16.6 Å². The number of hydrogen-bond donors (Lipinski definition) is 1. The highest BCUT2D eigenvalue weighted by molar-refractivity contribution is 6.31. The number of hydrogen-bond acceptors (Lipinski definition) is 1. The highest BCUT2D eigenvalue weighted by atomic mass is 35.5. The Balaban J connectivity index is 2.18. The standard InChI is InChI=1S/C15H9ClFNO2/c16-10-3-6-12-13(17)8-18(14(12)7-10)11-4-1-9(2-5-11)15(19)20/h1-8H,(H,19,20). The second-order valence-corrected chi connectivity index (χ2v) is 4.80. The van der Waals surface area contributed by atoms with E-state index in [0.717, 1.165) is 0 Å². The van der Waals surface area contributed by atoms with Crippen molar-refractivity contribution in [3.63, 3.8) is 0 Å². The second kappa shape index (κ2) is 4.65. The Morgan fingerprint density at radius 3 is 2.50 bits per heavy atom. The molecular formula is C15H9ClFNO2. The summed E-state index contributed by atoms with van der Waals surface area (Å²) >= 11 is 5.94. The Kier molecular flexibility index (Phi) is 2.95. The molecule has 0 fully saturated rings. The van der Waals surface area contributed by atoms with Gasteiger partial charge in [-0.2, -0.15) is 0 Å². The largest absolute Gasteiger partial charge is 0.478 e. The van der Waals surface area contributed by atoms with Crippen LogP contribution in [0.4, 0.5) is 4.39 Å². The van der Waals surface area contributed by atoms with Gasteiger partial charge in [0.25, 0.3) is 0 Å².